The SMILES string of the molecule is CCc1ccc(C(NC(=O)C2NCCC2C)C(C)C)cc1. The summed E-state index contributed by atoms with van der Waals surface area (Å²) in [6.45, 7) is 9.56. The molecular formula is C18H28N2O. The second-order valence-corrected chi connectivity index (χ2v) is 6.52. The van der Waals surface area contributed by atoms with Gasteiger partial charge in [0.15, 0.2) is 0 Å². The molecule has 0 radical (unpaired) electrons. The maximum Gasteiger partial charge on any atom is 0.237 e. The Morgan fingerprint density at radius 1 is 1.33 bits per heavy atom. The van der Waals surface area contributed by atoms with E-state index in [0.29, 0.717) is 11.8 Å². The van der Waals surface area contributed by atoms with Crippen LogP contribution in [0.3, 0.4) is 0 Å². The predicted octanol–water partition coefficient (Wildman–Crippen LogP) is 3.06. The molecule has 0 spiro atoms. The molecule has 3 atom stereocenters. The van der Waals surface area contributed by atoms with Gasteiger partial charge in [0.25, 0.3) is 0 Å². The number of hydrogen-bond donors (Lipinski definition) is 2. The summed E-state index contributed by atoms with van der Waals surface area (Å²) in [5, 5.41) is 6.55. The average molecular weight is 288 g/mol. The zero-order valence-corrected chi connectivity index (χ0v) is 13.6. The largest absolute Gasteiger partial charge is 0.348 e. The van der Waals surface area contributed by atoms with Crippen LogP contribution in [0.15, 0.2) is 24.3 Å². The number of aryl methyl sites for hydroxylation is 1. The fourth-order valence-electron chi connectivity index (χ4n) is 3.02. The summed E-state index contributed by atoms with van der Waals surface area (Å²) in [7, 11) is 0. The van der Waals surface area contributed by atoms with Crippen molar-refractivity contribution in [3.8, 4) is 0 Å². The molecule has 0 saturated carbocycles. The molecule has 1 heterocycles. The molecule has 1 aliphatic rings. The minimum absolute atomic E-state index is 0.0406. The molecule has 2 N–H and O–H groups in total. The van der Waals surface area contributed by atoms with E-state index in [1.807, 2.05) is 0 Å². The number of hydrogen-bond acceptors (Lipinski definition) is 2. The van der Waals surface area contributed by atoms with Crippen molar-refractivity contribution in [3.63, 3.8) is 0 Å². The zero-order valence-electron chi connectivity index (χ0n) is 13.6. The second kappa shape index (κ2) is 7.08. The second-order valence-electron chi connectivity index (χ2n) is 6.52. The van der Waals surface area contributed by atoms with E-state index >= 15 is 0 Å². The molecule has 21 heavy (non-hydrogen) atoms. The highest BCUT2D eigenvalue weighted by Crippen LogP contribution is 2.23. The quantitative estimate of drug-likeness (QED) is 0.874. The van der Waals surface area contributed by atoms with Crippen molar-refractivity contribution in [1.29, 1.82) is 0 Å². The Balaban J connectivity index is 2.09. The van der Waals surface area contributed by atoms with Crippen LogP contribution in [0, 0.1) is 11.8 Å². The number of benzene rings is 1. The van der Waals surface area contributed by atoms with Gasteiger partial charge in [0.05, 0.1) is 12.1 Å². The van der Waals surface area contributed by atoms with E-state index in [4.69, 9.17) is 0 Å². The topological polar surface area (TPSA) is 41.1 Å². The molecule has 0 aromatic heterocycles. The van der Waals surface area contributed by atoms with E-state index in [0.717, 1.165) is 19.4 Å². The van der Waals surface area contributed by atoms with Gasteiger partial charge in [0.1, 0.15) is 0 Å². The number of amides is 1. The van der Waals surface area contributed by atoms with E-state index in [-0.39, 0.29) is 18.0 Å². The van der Waals surface area contributed by atoms with Crippen LogP contribution < -0.4 is 10.6 Å². The number of carbonyl (C=O) groups excluding carboxylic acids is 1. The van der Waals surface area contributed by atoms with Crippen LogP contribution in [0.1, 0.15) is 51.3 Å². The molecule has 3 nitrogen and oxygen atoms in total. The van der Waals surface area contributed by atoms with Gasteiger partial charge in [-0.1, -0.05) is 52.0 Å². The first kappa shape index (κ1) is 16.0. The monoisotopic (exact) mass is 288 g/mol. The van der Waals surface area contributed by atoms with Crippen LogP contribution in [0.2, 0.25) is 0 Å². The molecule has 0 aliphatic carbocycles. The van der Waals surface area contributed by atoms with E-state index in [1.54, 1.807) is 0 Å². The highest BCUT2D eigenvalue weighted by Gasteiger charge is 2.31. The zero-order chi connectivity index (χ0) is 15.4. The van der Waals surface area contributed by atoms with Crippen molar-refractivity contribution in [2.75, 3.05) is 6.54 Å². The molecule has 2 rings (SSSR count). The maximum atomic E-state index is 12.5. The van der Waals surface area contributed by atoms with Crippen LogP contribution in [-0.2, 0) is 11.2 Å². The average Bonchev–Trinajstić information content (AvgIpc) is 2.90. The third kappa shape index (κ3) is 3.85. The van der Waals surface area contributed by atoms with Crippen LogP contribution in [0.4, 0.5) is 0 Å². The van der Waals surface area contributed by atoms with Crippen LogP contribution in [0.5, 0.6) is 0 Å². The predicted molar refractivity (Wildman–Crippen MR) is 87.1 cm³/mol. The van der Waals surface area contributed by atoms with E-state index in [9.17, 15) is 4.79 Å². The minimum atomic E-state index is -0.0406. The van der Waals surface area contributed by atoms with Gasteiger partial charge >= 0.3 is 0 Å². The highest BCUT2D eigenvalue weighted by atomic mass is 16.2. The van der Waals surface area contributed by atoms with Crippen LogP contribution >= 0.6 is 0 Å². The standard InChI is InChI=1S/C18H28N2O/c1-5-14-6-8-15(9-7-14)16(12(2)3)20-18(21)17-13(4)10-11-19-17/h6-9,12-13,16-17,19H,5,10-11H2,1-4H3,(H,20,21). The summed E-state index contributed by atoms with van der Waals surface area (Å²) in [6, 6.07) is 8.66. The smallest absolute Gasteiger partial charge is 0.237 e. The van der Waals surface area contributed by atoms with Gasteiger partial charge in [-0.05, 0) is 42.3 Å². The van der Waals surface area contributed by atoms with E-state index in [1.165, 1.54) is 11.1 Å². The van der Waals surface area contributed by atoms with Crippen molar-refractivity contribution < 1.29 is 4.79 Å². The van der Waals surface area contributed by atoms with Crippen LogP contribution in [0.25, 0.3) is 0 Å². The summed E-state index contributed by atoms with van der Waals surface area (Å²) < 4.78 is 0. The minimum Gasteiger partial charge on any atom is -0.348 e. The summed E-state index contributed by atoms with van der Waals surface area (Å²) in [5.74, 6) is 0.927. The van der Waals surface area contributed by atoms with Crippen LogP contribution in [-0.4, -0.2) is 18.5 Å². The molecule has 3 unspecified atom stereocenters. The number of rotatable bonds is 5. The van der Waals surface area contributed by atoms with Crippen molar-refractivity contribution >= 4 is 5.91 Å². The Bertz CT molecular complexity index is 467. The molecule has 1 aliphatic heterocycles. The summed E-state index contributed by atoms with van der Waals surface area (Å²) in [6.07, 6.45) is 2.12. The molecule has 1 amide bonds. The summed E-state index contributed by atoms with van der Waals surface area (Å²) in [5.41, 5.74) is 2.53. The van der Waals surface area contributed by atoms with Gasteiger partial charge < -0.3 is 10.6 Å². The molecule has 1 aromatic carbocycles. The lowest BCUT2D eigenvalue weighted by Gasteiger charge is -2.26. The molecule has 0 bridgehead atoms. The Morgan fingerprint density at radius 2 is 2.00 bits per heavy atom. The first-order valence-corrected chi connectivity index (χ1v) is 8.15. The first-order valence-electron chi connectivity index (χ1n) is 8.15. The maximum absolute atomic E-state index is 12.5. The lowest BCUT2D eigenvalue weighted by atomic mass is 9.93. The Labute approximate surface area is 128 Å². The summed E-state index contributed by atoms with van der Waals surface area (Å²) in [4.78, 5) is 12.5. The van der Waals surface area contributed by atoms with Gasteiger partial charge in [-0.2, -0.15) is 0 Å². The third-order valence-electron chi connectivity index (χ3n) is 4.53. The molecular weight excluding hydrogens is 260 g/mol. The molecule has 1 fully saturated rings. The van der Waals surface area contributed by atoms with Crippen molar-refractivity contribution in [1.82, 2.24) is 10.6 Å². The lowest BCUT2D eigenvalue weighted by molar-refractivity contribution is -0.124. The Morgan fingerprint density at radius 3 is 2.48 bits per heavy atom. The number of carbonyl (C=O) groups is 1. The van der Waals surface area contributed by atoms with E-state index < -0.39 is 0 Å². The van der Waals surface area contributed by atoms with Gasteiger partial charge in [-0.25, -0.2) is 0 Å². The fourth-order valence-corrected chi connectivity index (χ4v) is 3.02. The number of nitrogens with one attached hydrogen (secondary N) is 2. The van der Waals surface area contributed by atoms with Crippen molar-refractivity contribution in [2.45, 2.75) is 52.6 Å². The first-order chi connectivity index (χ1) is 10.0. The summed E-state index contributed by atoms with van der Waals surface area (Å²) >= 11 is 0. The Kier molecular flexibility index (Phi) is 5.40. The molecule has 1 aromatic rings. The van der Waals surface area contributed by atoms with Gasteiger partial charge in [-0.15, -0.1) is 0 Å². The fraction of sp³-hybridized carbons (Fsp3) is 0.611. The van der Waals surface area contributed by atoms with E-state index in [2.05, 4.69) is 62.6 Å². The van der Waals surface area contributed by atoms with Gasteiger partial charge in [-0.3, -0.25) is 4.79 Å². The third-order valence-corrected chi connectivity index (χ3v) is 4.53. The molecule has 3 heteroatoms. The normalized spacial score (nSPS) is 23.3. The van der Waals surface area contributed by atoms with Crippen molar-refractivity contribution in [2.24, 2.45) is 11.8 Å². The van der Waals surface area contributed by atoms with Gasteiger partial charge in [0, 0.05) is 0 Å². The highest BCUT2D eigenvalue weighted by molar-refractivity contribution is 5.82. The molecule has 116 valence electrons. The molecule has 1 saturated heterocycles. The van der Waals surface area contributed by atoms with Crippen molar-refractivity contribution in [3.05, 3.63) is 35.4 Å². The lowest BCUT2D eigenvalue weighted by Crippen LogP contribution is -2.45. The van der Waals surface area contributed by atoms with Gasteiger partial charge in [0.2, 0.25) is 5.91 Å². The Hall–Kier alpha value is -1.35.